The average Bonchev–Trinajstić information content (AvgIpc) is 3.73. The minimum atomic E-state index is 0.821. The van der Waals surface area contributed by atoms with Gasteiger partial charge >= 0.3 is 0 Å². The van der Waals surface area contributed by atoms with Crippen molar-refractivity contribution < 1.29 is 8.83 Å². The molecule has 194 valence electrons. The second kappa shape index (κ2) is 9.15. The van der Waals surface area contributed by atoms with E-state index in [0.29, 0.717) is 0 Å². The first-order chi connectivity index (χ1) is 20.3. The predicted octanol–water partition coefficient (Wildman–Crippen LogP) is 10.8. The molecule has 4 nitrogen and oxygen atoms in total. The van der Waals surface area contributed by atoms with Crippen molar-refractivity contribution in [1.82, 2.24) is 9.97 Å². The van der Waals surface area contributed by atoms with E-state index in [9.17, 15) is 0 Å². The monoisotopic (exact) mass is 546 g/mol. The fourth-order valence-corrected chi connectivity index (χ4v) is 7.23. The molecule has 0 atom stereocenters. The molecule has 0 spiro atoms. The molecular formula is C36H22N2O2S. The first kappa shape index (κ1) is 23.6. The van der Waals surface area contributed by atoms with Crippen molar-refractivity contribution in [2.45, 2.75) is 0 Å². The number of furan rings is 2. The number of nitrogens with zero attached hydrogens (tertiary/aromatic N) is 2. The maximum Gasteiger partial charge on any atom is 0.161 e. The summed E-state index contributed by atoms with van der Waals surface area (Å²) in [6, 6.07) is 33.4. The summed E-state index contributed by atoms with van der Waals surface area (Å²) in [5, 5.41) is 4.52. The van der Waals surface area contributed by atoms with Crippen LogP contribution in [0.5, 0.6) is 0 Å². The molecule has 9 aromatic rings. The van der Waals surface area contributed by atoms with Gasteiger partial charge in [0.1, 0.15) is 22.2 Å². The lowest BCUT2D eigenvalue weighted by Gasteiger charge is -2.04. The van der Waals surface area contributed by atoms with Crippen LogP contribution in [-0.2, 0) is 0 Å². The summed E-state index contributed by atoms with van der Waals surface area (Å²) in [4.78, 5) is 9.34. The van der Waals surface area contributed by atoms with Gasteiger partial charge in [0.25, 0.3) is 0 Å². The zero-order valence-electron chi connectivity index (χ0n) is 21.9. The molecule has 0 saturated heterocycles. The van der Waals surface area contributed by atoms with E-state index in [1.54, 1.807) is 0 Å². The number of fused-ring (bicyclic) bond motifs is 9. The second-order valence-corrected chi connectivity index (χ2v) is 10.8. The summed E-state index contributed by atoms with van der Waals surface area (Å²) in [5.41, 5.74) is 9.54. The van der Waals surface area contributed by atoms with Crippen LogP contribution in [0.4, 0.5) is 0 Å². The van der Waals surface area contributed by atoms with Crippen molar-refractivity contribution >= 4 is 75.6 Å². The zero-order valence-corrected chi connectivity index (χ0v) is 22.7. The van der Waals surface area contributed by atoms with E-state index in [-0.39, 0.29) is 0 Å². The zero-order chi connectivity index (χ0) is 27.5. The smallest absolute Gasteiger partial charge is 0.161 e. The van der Waals surface area contributed by atoms with Gasteiger partial charge in [0, 0.05) is 65.6 Å². The second-order valence-electron chi connectivity index (χ2n) is 9.74. The number of rotatable bonds is 2. The summed E-state index contributed by atoms with van der Waals surface area (Å²) in [7, 11) is 0. The topological polar surface area (TPSA) is 52.1 Å². The Kier molecular flexibility index (Phi) is 5.27. The molecule has 9 rings (SSSR count). The molecule has 0 fully saturated rings. The molecule has 5 heteroatoms. The number of para-hydroxylation sites is 2. The quantitative estimate of drug-likeness (QED) is 0.202. The molecule has 0 unspecified atom stereocenters. The Labute approximate surface area is 238 Å². The van der Waals surface area contributed by atoms with Gasteiger partial charge in [0.2, 0.25) is 0 Å². The molecule has 0 bridgehead atoms. The molecule has 5 aromatic heterocycles. The average molecular weight is 547 g/mol. The Bertz CT molecular complexity index is 2260. The van der Waals surface area contributed by atoms with E-state index in [0.717, 1.165) is 66.4 Å². The third kappa shape index (κ3) is 3.39. The molecule has 5 heterocycles. The molecule has 0 radical (unpaired) electrons. The molecule has 0 aliphatic heterocycles. The third-order valence-corrected chi connectivity index (χ3v) is 8.91. The van der Waals surface area contributed by atoms with Gasteiger partial charge in [-0.1, -0.05) is 60.7 Å². The van der Waals surface area contributed by atoms with E-state index in [1.165, 1.54) is 20.2 Å². The van der Waals surface area contributed by atoms with Crippen LogP contribution in [-0.4, -0.2) is 9.97 Å². The lowest BCUT2D eigenvalue weighted by molar-refractivity contribution is 0.669. The number of benzene rings is 4. The fourth-order valence-electron chi connectivity index (χ4n) is 5.88. The number of thiophene rings is 1. The maximum atomic E-state index is 6.35. The summed E-state index contributed by atoms with van der Waals surface area (Å²) >= 11 is 1.81. The molecule has 0 amide bonds. The summed E-state index contributed by atoms with van der Waals surface area (Å²) < 4.78 is 15.2. The van der Waals surface area contributed by atoms with Gasteiger partial charge in [0.05, 0.1) is 0 Å². The molecule has 0 aliphatic rings. The Morgan fingerprint density at radius 1 is 0.463 bits per heavy atom. The number of aromatic nitrogens is 2. The molecule has 0 N–H and O–H groups in total. The minimum absolute atomic E-state index is 0.821. The van der Waals surface area contributed by atoms with Gasteiger partial charge in [-0.2, -0.15) is 0 Å². The molecule has 41 heavy (non-hydrogen) atoms. The van der Waals surface area contributed by atoms with Crippen LogP contribution in [0.3, 0.4) is 0 Å². The highest BCUT2D eigenvalue weighted by Gasteiger charge is 2.20. The lowest BCUT2D eigenvalue weighted by atomic mass is 10.00. The van der Waals surface area contributed by atoms with Crippen LogP contribution in [0, 0.1) is 0 Å². The van der Waals surface area contributed by atoms with Gasteiger partial charge in [-0.05, 0) is 36.4 Å². The molecular weight excluding hydrogens is 524 g/mol. The summed E-state index contributed by atoms with van der Waals surface area (Å²) in [6.07, 6.45) is 3.76. The van der Waals surface area contributed by atoms with Gasteiger partial charge < -0.3 is 8.83 Å². The number of hydrogen-bond acceptors (Lipinski definition) is 5. The molecule has 0 saturated carbocycles. The first-order valence-electron chi connectivity index (χ1n) is 13.3. The van der Waals surface area contributed by atoms with Gasteiger partial charge in [0.15, 0.2) is 11.2 Å². The van der Waals surface area contributed by atoms with Crippen LogP contribution >= 0.6 is 11.3 Å². The standard InChI is InChI=1S/C34H18N2O2S.C2H4/c1-3-13-27-25(7-1)29-31(37-27)19(15-17-35-29)21-9-5-11-23-24-12-6-10-22(34(24)39-33(21)23)20-16-18-36-30-26-8-2-4-14-28(26)38-32(20)30;1-2/h1-18H;1-2H2. The van der Waals surface area contributed by atoms with Crippen LogP contribution < -0.4 is 0 Å². The van der Waals surface area contributed by atoms with Gasteiger partial charge in [-0.25, -0.2) is 0 Å². The largest absolute Gasteiger partial charge is 0.454 e. The van der Waals surface area contributed by atoms with Crippen molar-refractivity contribution in [3.63, 3.8) is 0 Å². The fraction of sp³-hybridized carbons (Fsp3) is 0. The van der Waals surface area contributed by atoms with Crippen LogP contribution in [0.1, 0.15) is 0 Å². The Balaban J connectivity index is 0.00000125. The van der Waals surface area contributed by atoms with E-state index >= 15 is 0 Å². The van der Waals surface area contributed by atoms with Crippen molar-refractivity contribution in [3.05, 3.63) is 123 Å². The highest BCUT2D eigenvalue weighted by atomic mass is 32.1. The van der Waals surface area contributed by atoms with Crippen LogP contribution in [0.2, 0.25) is 0 Å². The Morgan fingerprint density at radius 2 is 0.902 bits per heavy atom. The predicted molar refractivity (Wildman–Crippen MR) is 172 cm³/mol. The Morgan fingerprint density at radius 3 is 1.39 bits per heavy atom. The summed E-state index contributed by atoms with van der Waals surface area (Å²) in [5.74, 6) is 0. The van der Waals surface area contributed by atoms with Crippen LogP contribution in [0.25, 0.3) is 86.6 Å². The van der Waals surface area contributed by atoms with Crippen molar-refractivity contribution in [2.24, 2.45) is 0 Å². The first-order valence-corrected chi connectivity index (χ1v) is 14.1. The normalized spacial score (nSPS) is 11.6. The third-order valence-electron chi connectivity index (χ3n) is 7.62. The van der Waals surface area contributed by atoms with E-state index in [4.69, 9.17) is 8.83 Å². The molecule has 4 aromatic carbocycles. The van der Waals surface area contributed by atoms with E-state index < -0.39 is 0 Å². The maximum absolute atomic E-state index is 6.35. The van der Waals surface area contributed by atoms with E-state index in [1.807, 2.05) is 60.1 Å². The van der Waals surface area contributed by atoms with Gasteiger partial charge in [-0.15, -0.1) is 24.5 Å². The highest BCUT2D eigenvalue weighted by molar-refractivity contribution is 7.26. The number of pyridine rings is 2. The minimum Gasteiger partial charge on any atom is -0.454 e. The molecule has 0 aliphatic carbocycles. The Hall–Kier alpha value is -5.26. The van der Waals surface area contributed by atoms with Gasteiger partial charge in [-0.3, -0.25) is 9.97 Å². The SMILES string of the molecule is C=C.c1ccc2c(c1)oc1c(-c3cccc4c3sc3c(-c5ccnc6c5oc5ccccc56)cccc34)ccnc12. The van der Waals surface area contributed by atoms with E-state index in [2.05, 4.69) is 83.8 Å². The summed E-state index contributed by atoms with van der Waals surface area (Å²) in [6.45, 7) is 6.00. The van der Waals surface area contributed by atoms with Crippen molar-refractivity contribution in [1.29, 1.82) is 0 Å². The highest BCUT2D eigenvalue weighted by Crippen LogP contribution is 2.46. The van der Waals surface area contributed by atoms with Crippen molar-refractivity contribution in [2.75, 3.05) is 0 Å². The lowest BCUT2D eigenvalue weighted by Crippen LogP contribution is -1.82. The van der Waals surface area contributed by atoms with Crippen LogP contribution in [0.15, 0.2) is 131 Å². The van der Waals surface area contributed by atoms with Crippen molar-refractivity contribution in [3.8, 4) is 22.3 Å². The number of hydrogen-bond donors (Lipinski definition) is 0.